The fraction of sp³-hybridized carbons (Fsp3) is 0.233. The summed E-state index contributed by atoms with van der Waals surface area (Å²) in [6, 6.07) is 22.6. The lowest BCUT2D eigenvalue weighted by molar-refractivity contribution is -0.141. The molecular formula is C30H28FNO5S. The normalized spacial score (nSPS) is 11.7. The van der Waals surface area contributed by atoms with Crippen LogP contribution in [-0.4, -0.2) is 34.4 Å². The largest absolute Gasteiger partial charge is 0.481 e. The average Bonchev–Trinajstić information content (AvgIpc) is 3.30. The van der Waals surface area contributed by atoms with E-state index in [0.717, 1.165) is 21.7 Å². The molecule has 0 spiro atoms. The Balaban J connectivity index is 1.25. The Morgan fingerprint density at radius 3 is 2.42 bits per heavy atom. The zero-order valence-corrected chi connectivity index (χ0v) is 21.7. The quantitative estimate of drug-likeness (QED) is 0.162. The molecule has 0 bridgehead atoms. The summed E-state index contributed by atoms with van der Waals surface area (Å²) in [5, 5.41) is 9.64. The summed E-state index contributed by atoms with van der Waals surface area (Å²) in [4.78, 5) is 29.7. The first-order chi connectivity index (χ1) is 18.4. The summed E-state index contributed by atoms with van der Waals surface area (Å²) in [5.41, 5.74) is 2.85. The molecule has 196 valence electrons. The van der Waals surface area contributed by atoms with Gasteiger partial charge in [-0.1, -0.05) is 30.3 Å². The minimum Gasteiger partial charge on any atom is -0.481 e. The van der Waals surface area contributed by atoms with Gasteiger partial charge in [0.05, 0.1) is 23.8 Å². The van der Waals surface area contributed by atoms with E-state index in [1.165, 1.54) is 23.9 Å². The Morgan fingerprint density at radius 2 is 1.74 bits per heavy atom. The maximum Gasteiger partial charge on any atom is 0.338 e. The topological polar surface area (TPSA) is 89.6 Å². The molecule has 1 atom stereocenters. The maximum absolute atomic E-state index is 13.0. The van der Waals surface area contributed by atoms with E-state index in [9.17, 15) is 19.1 Å². The van der Waals surface area contributed by atoms with Gasteiger partial charge in [-0.25, -0.2) is 14.2 Å². The third-order valence-electron chi connectivity index (χ3n) is 6.06. The van der Waals surface area contributed by atoms with Gasteiger partial charge < -0.3 is 14.3 Å². The van der Waals surface area contributed by atoms with Crippen molar-refractivity contribution < 1.29 is 28.2 Å². The van der Waals surface area contributed by atoms with Crippen LogP contribution >= 0.6 is 11.8 Å². The second-order valence-corrected chi connectivity index (χ2v) is 9.97. The number of oxazole rings is 1. The molecule has 0 radical (unpaired) electrons. The van der Waals surface area contributed by atoms with E-state index in [4.69, 9.17) is 9.15 Å². The van der Waals surface area contributed by atoms with Crippen LogP contribution in [0.2, 0.25) is 0 Å². The average molecular weight is 534 g/mol. The number of carboxylic acid groups (broad SMARTS) is 1. The summed E-state index contributed by atoms with van der Waals surface area (Å²) in [5.74, 6) is -0.356. The third kappa shape index (κ3) is 7.55. The van der Waals surface area contributed by atoms with Crippen molar-refractivity contribution in [2.75, 3.05) is 12.4 Å². The number of carboxylic acids is 1. The first-order valence-electron chi connectivity index (χ1n) is 12.3. The predicted molar refractivity (Wildman–Crippen MR) is 144 cm³/mol. The number of rotatable bonds is 12. The SMILES string of the molecule is Cc1oc(-c2ccccc2)nc1CCOC(=O)c1ccc(CC(CCSc2ccc(F)cc2)C(=O)O)cc1. The fourth-order valence-electron chi connectivity index (χ4n) is 3.91. The van der Waals surface area contributed by atoms with Gasteiger partial charge in [-0.15, -0.1) is 11.8 Å². The second-order valence-electron chi connectivity index (χ2n) is 8.80. The number of halogens is 1. The predicted octanol–water partition coefficient (Wildman–Crippen LogP) is 6.61. The Kier molecular flexibility index (Phi) is 9.32. The van der Waals surface area contributed by atoms with Crippen LogP contribution in [0.4, 0.5) is 4.39 Å². The molecular weight excluding hydrogens is 505 g/mol. The lowest BCUT2D eigenvalue weighted by Gasteiger charge is -2.13. The molecule has 1 aromatic heterocycles. The van der Waals surface area contributed by atoms with E-state index >= 15 is 0 Å². The number of hydrogen-bond donors (Lipinski definition) is 1. The monoisotopic (exact) mass is 533 g/mol. The highest BCUT2D eigenvalue weighted by molar-refractivity contribution is 7.99. The van der Waals surface area contributed by atoms with E-state index in [0.29, 0.717) is 42.2 Å². The van der Waals surface area contributed by atoms with Gasteiger partial charge in [0.1, 0.15) is 11.6 Å². The van der Waals surface area contributed by atoms with E-state index < -0.39 is 17.9 Å². The summed E-state index contributed by atoms with van der Waals surface area (Å²) in [6.45, 7) is 2.00. The van der Waals surface area contributed by atoms with Gasteiger partial charge in [-0.05, 0) is 79.6 Å². The highest BCUT2D eigenvalue weighted by Gasteiger charge is 2.19. The van der Waals surface area contributed by atoms with Gasteiger partial charge in [0.2, 0.25) is 5.89 Å². The van der Waals surface area contributed by atoms with Crippen molar-refractivity contribution in [1.82, 2.24) is 4.98 Å². The van der Waals surface area contributed by atoms with Gasteiger partial charge in [0.15, 0.2) is 0 Å². The van der Waals surface area contributed by atoms with Crippen molar-refractivity contribution in [3.8, 4) is 11.5 Å². The number of nitrogens with zero attached hydrogens (tertiary/aromatic N) is 1. The lowest BCUT2D eigenvalue weighted by atomic mass is 9.96. The molecule has 4 rings (SSSR count). The number of aryl methyl sites for hydroxylation is 1. The molecule has 1 unspecified atom stereocenters. The van der Waals surface area contributed by atoms with Crippen molar-refractivity contribution in [2.45, 2.75) is 31.1 Å². The molecule has 6 nitrogen and oxygen atoms in total. The third-order valence-corrected chi connectivity index (χ3v) is 7.10. The molecule has 1 N–H and O–H groups in total. The number of hydrogen-bond acceptors (Lipinski definition) is 6. The van der Waals surface area contributed by atoms with E-state index in [1.807, 2.05) is 37.3 Å². The van der Waals surface area contributed by atoms with Crippen LogP contribution in [0.5, 0.6) is 0 Å². The molecule has 0 aliphatic carbocycles. The smallest absolute Gasteiger partial charge is 0.338 e. The maximum atomic E-state index is 13.0. The Morgan fingerprint density at radius 1 is 1.03 bits per heavy atom. The molecule has 0 fully saturated rings. The molecule has 8 heteroatoms. The number of benzene rings is 3. The lowest BCUT2D eigenvalue weighted by Crippen LogP contribution is -2.17. The molecule has 3 aromatic carbocycles. The first-order valence-corrected chi connectivity index (χ1v) is 13.3. The molecule has 0 aliphatic rings. The minimum absolute atomic E-state index is 0.162. The zero-order chi connectivity index (χ0) is 26.9. The van der Waals surface area contributed by atoms with Crippen LogP contribution in [0.15, 0.2) is 88.2 Å². The van der Waals surface area contributed by atoms with Crippen molar-refractivity contribution >= 4 is 23.7 Å². The molecule has 0 saturated carbocycles. The molecule has 4 aromatic rings. The number of aromatic nitrogens is 1. The standard InChI is InChI=1S/C30H28FNO5S/c1-20-27(32-28(37-20)22-5-3-2-4-6-22)15-17-36-30(35)23-9-7-21(8-10-23)19-24(29(33)34)16-18-38-26-13-11-25(31)12-14-26/h2-14,24H,15-19H2,1H3,(H,33,34). The summed E-state index contributed by atoms with van der Waals surface area (Å²) in [6.07, 6.45) is 1.25. The van der Waals surface area contributed by atoms with Gasteiger partial charge in [0.25, 0.3) is 0 Å². The van der Waals surface area contributed by atoms with Crippen LogP contribution in [0, 0.1) is 18.7 Å². The first kappa shape index (κ1) is 27.1. The van der Waals surface area contributed by atoms with Crippen LogP contribution in [0.25, 0.3) is 11.5 Å². The Hall–Kier alpha value is -3.91. The zero-order valence-electron chi connectivity index (χ0n) is 20.9. The van der Waals surface area contributed by atoms with E-state index in [2.05, 4.69) is 4.98 Å². The van der Waals surface area contributed by atoms with E-state index in [-0.39, 0.29) is 12.4 Å². The van der Waals surface area contributed by atoms with Gasteiger partial charge >= 0.3 is 11.9 Å². The Bertz CT molecular complexity index is 1350. The number of esters is 1. The number of carbonyl (C=O) groups excluding carboxylic acids is 1. The fourth-order valence-corrected chi connectivity index (χ4v) is 4.88. The molecule has 38 heavy (non-hydrogen) atoms. The van der Waals surface area contributed by atoms with Gasteiger partial charge in [0, 0.05) is 16.9 Å². The van der Waals surface area contributed by atoms with Crippen molar-refractivity contribution in [1.29, 1.82) is 0 Å². The highest BCUT2D eigenvalue weighted by Crippen LogP contribution is 2.24. The number of aliphatic carboxylic acids is 1. The molecule has 1 heterocycles. The second kappa shape index (κ2) is 13.1. The van der Waals surface area contributed by atoms with Gasteiger partial charge in [-0.3, -0.25) is 4.79 Å². The number of carbonyl (C=O) groups is 2. The minimum atomic E-state index is -0.869. The van der Waals surface area contributed by atoms with Crippen molar-refractivity contribution in [2.24, 2.45) is 5.92 Å². The van der Waals surface area contributed by atoms with Crippen LogP contribution < -0.4 is 0 Å². The van der Waals surface area contributed by atoms with E-state index in [1.54, 1.807) is 36.4 Å². The summed E-state index contributed by atoms with van der Waals surface area (Å²) < 4.78 is 24.2. The van der Waals surface area contributed by atoms with Gasteiger partial charge in [-0.2, -0.15) is 0 Å². The molecule has 0 amide bonds. The number of ether oxygens (including phenoxy) is 1. The van der Waals surface area contributed by atoms with Crippen molar-refractivity contribution in [3.05, 3.63) is 107 Å². The highest BCUT2D eigenvalue weighted by atomic mass is 32.2. The summed E-state index contributed by atoms with van der Waals surface area (Å²) >= 11 is 1.50. The van der Waals surface area contributed by atoms with Crippen molar-refractivity contribution in [3.63, 3.8) is 0 Å². The number of thioether (sulfide) groups is 1. The van der Waals surface area contributed by atoms with Crippen LogP contribution in [-0.2, 0) is 22.4 Å². The summed E-state index contributed by atoms with van der Waals surface area (Å²) in [7, 11) is 0. The van der Waals surface area contributed by atoms with Crippen LogP contribution in [0.3, 0.4) is 0 Å². The molecule has 0 saturated heterocycles. The van der Waals surface area contributed by atoms with Crippen LogP contribution in [0.1, 0.15) is 33.8 Å². The Labute approximate surface area is 224 Å². The molecule has 0 aliphatic heterocycles.